The van der Waals surface area contributed by atoms with Crippen LogP contribution in [-0.4, -0.2) is 20.7 Å². The molecule has 0 unspecified atom stereocenters. The Hall–Kier alpha value is -1.87. The fourth-order valence-electron chi connectivity index (χ4n) is 2.69. The lowest BCUT2D eigenvalue weighted by Crippen LogP contribution is -2.23. The topological polar surface area (TPSA) is 26.3 Å². The van der Waals surface area contributed by atoms with Crippen LogP contribution in [0.5, 0.6) is 0 Å². The van der Waals surface area contributed by atoms with Crippen molar-refractivity contribution in [3.05, 3.63) is 64.9 Å². The average molecular weight is 327 g/mol. The molecule has 0 saturated carbocycles. The lowest BCUT2D eigenvalue weighted by atomic mass is 10.0. The molecule has 0 heterocycles. The smallest absolute Gasteiger partial charge is 0.331 e. The number of ether oxygens (including phenoxy) is 1. The molecule has 1 aliphatic rings. The van der Waals surface area contributed by atoms with Gasteiger partial charge in [-0.3, -0.25) is 0 Å². The molecule has 23 heavy (non-hydrogen) atoms. The summed E-state index contributed by atoms with van der Waals surface area (Å²) in [5.74, 6) is -0.248. The van der Waals surface area contributed by atoms with Crippen molar-refractivity contribution in [3.63, 3.8) is 0 Å². The van der Waals surface area contributed by atoms with Crippen LogP contribution < -0.4 is 0 Å². The second kappa shape index (κ2) is 7.60. The van der Waals surface area contributed by atoms with Gasteiger partial charge in [-0.1, -0.05) is 67.3 Å². The van der Waals surface area contributed by atoms with Gasteiger partial charge in [0.2, 0.25) is 0 Å². The van der Waals surface area contributed by atoms with Crippen LogP contribution >= 0.6 is 0 Å². The highest BCUT2D eigenvalue weighted by atomic mass is 28.3. The van der Waals surface area contributed by atoms with Crippen LogP contribution in [0.3, 0.4) is 0 Å². The first-order chi connectivity index (χ1) is 10.9. The fraction of sp³-hybridized carbons (Fsp3) is 0.350. The minimum absolute atomic E-state index is 0.248. The molecule has 122 valence electrons. The maximum absolute atomic E-state index is 11.8. The van der Waals surface area contributed by atoms with Crippen molar-refractivity contribution in [3.8, 4) is 0 Å². The fourth-order valence-corrected chi connectivity index (χ4v) is 4.15. The van der Waals surface area contributed by atoms with Gasteiger partial charge in [-0.05, 0) is 36.5 Å². The zero-order valence-corrected chi connectivity index (χ0v) is 15.6. The Bertz CT molecular complexity index is 646. The lowest BCUT2D eigenvalue weighted by Gasteiger charge is -2.20. The van der Waals surface area contributed by atoms with Crippen molar-refractivity contribution in [2.75, 3.05) is 6.61 Å². The minimum atomic E-state index is -1.37. The first-order valence-electron chi connectivity index (χ1n) is 8.25. The Balaban J connectivity index is 2.42. The third-order valence-electron chi connectivity index (χ3n) is 4.01. The Morgan fingerprint density at radius 2 is 1.83 bits per heavy atom. The summed E-state index contributed by atoms with van der Waals surface area (Å²) in [5, 5.41) is 1.54. The molecule has 2 nitrogen and oxygen atoms in total. The van der Waals surface area contributed by atoms with E-state index >= 15 is 0 Å². The maximum atomic E-state index is 11.8. The van der Waals surface area contributed by atoms with Crippen LogP contribution in [0, 0.1) is 0 Å². The number of allylic oxidation sites excluding steroid dienone is 5. The van der Waals surface area contributed by atoms with E-state index in [4.69, 9.17) is 4.74 Å². The molecular weight excluding hydrogens is 300 g/mol. The largest absolute Gasteiger partial charge is 0.463 e. The van der Waals surface area contributed by atoms with Crippen molar-refractivity contribution < 1.29 is 9.53 Å². The van der Waals surface area contributed by atoms with Gasteiger partial charge in [0.05, 0.1) is 14.7 Å². The van der Waals surface area contributed by atoms with E-state index in [2.05, 4.69) is 56.1 Å². The number of hydrogen-bond acceptors (Lipinski definition) is 2. The van der Waals surface area contributed by atoms with Gasteiger partial charge in [-0.25, -0.2) is 4.79 Å². The van der Waals surface area contributed by atoms with E-state index in [9.17, 15) is 4.79 Å². The standard InChI is InChI=1S/C20H26O2Si/c1-5-22-20(21)14-16-11-12-19(23(2,3)4)15-18(13-16)17-9-7-6-8-10-17/h6-10,13-15H,5,11-12H2,1-4H3/b16-14+. The molecule has 0 aliphatic heterocycles. The van der Waals surface area contributed by atoms with Gasteiger partial charge in [0, 0.05) is 6.08 Å². The number of rotatable bonds is 4. The zero-order chi connectivity index (χ0) is 16.9. The van der Waals surface area contributed by atoms with Crippen molar-refractivity contribution in [1.82, 2.24) is 0 Å². The molecule has 1 aromatic rings. The van der Waals surface area contributed by atoms with E-state index < -0.39 is 8.07 Å². The summed E-state index contributed by atoms with van der Waals surface area (Å²) in [7, 11) is -1.37. The molecule has 0 amide bonds. The van der Waals surface area contributed by atoms with Crippen LogP contribution in [-0.2, 0) is 9.53 Å². The maximum Gasteiger partial charge on any atom is 0.331 e. The third kappa shape index (κ3) is 5.07. The van der Waals surface area contributed by atoms with Crippen molar-refractivity contribution >= 4 is 19.6 Å². The van der Waals surface area contributed by atoms with Crippen LogP contribution in [0.4, 0.5) is 0 Å². The second-order valence-corrected chi connectivity index (χ2v) is 12.0. The quantitative estimate of drug-likeness (QED) is 0.434. The highest BCUT2D eigenvalue weighted by molar-refractivity contribution is 6.83. The summed E-state index contributed by atoms with van der Waals surface area (Å²) >= 11 is 0. The third-order valence-corrected chi connectivity index (χ3v) is 6.33. The molecule has 1 aromatic carbocycles. The average Bonchev–Trinajstić information content (AvgIpc) is 2.71. The van der Waals surface area contributed by atoms with E-state index in [0.29, 0.717) is 6.61 Å². The molecular formula is C20H26O2Si. The molecule has 0 bridgehead atoms. The van der Waals surface area contributed by atoms with Crippen LogP contribution in [0.25, 0.3) is 5.57 Å². The number of esters is 1. The Morgan fingerprint density at radius 3 is 2.43 bits per heavy atom. The van der Waals surface area contributed by atoms with Crippen LogP contribution in [0.2, 0.25) is 19.6 Å². The Morgan fingerprint density at radius 1 is 1.13 bits per heavy atom. The summed E-state index contributed by atoms with van der Waals surface area (Å²) in [4.78, 5) is 11.8. The Kier molecular flexibility index (Phi) is 5.78. The molecule has 1 aliphatic carbocycles. The highest BCUT2D eigenvalue weighted by Gasteiger charge is 2.22. The van der Waals surface area contributed by atoms with Gasteiger partial charge in [0.25, 0.3) is 0 Å². The van der Waals surface area contributed by atoms with Crippen molar-refractivity contribution in [2.24, 2.45) is 0 Å². The van der Waals surface area contributed by atoms with E-state index in [-0.39, 0.29) is 5.97 Å². The first kappa shape index (κ1) is 17.5. The van der Waals surface area contributed by atoms with Gasteiger partial charge in [-0.15, -0.1) is 0 Å². The second-order valence-electron chi connectivity index (χ2n) is 6.86. The number of benzene rings is 1. The minimum Gasteiger partial charge on any atom is -0.463 e. The first-order valence-corrected chi connectivity index (χ1v) is 11.8. The predicted octanol–water partition coefficient (Wildman–Crippen LogP) is 5.16. The molecule has 2 rings (SSSR count). The van der Waals surface area contributed by atoms with Crippen LogP contribution in [0.1, 0.15) is 25.3 Å². The summed E-state index contributed by atoms with van der Waals surface area (Å²) in [6, 6.07) is 10.4. The number of hydrogen-bond donors (Lipinski definition) is 0. The van der Waals surface area contributed by atoms with E-state index in [1.54, 1.807) is 11.3 Å². The summed E-state index contributed by atoms with van der Waals surface area (Å²) < 4.78 is 5.07. The van der Waals surface area contributed by atoms with Crippen molar-refractivity contribution in [1.29, 1.82) is 0 Å². The van der Waals surface area contributed by atoms with E-state index in [1.165, 1.54) is 11.1 Å². The molecule has 0 saturated heterocycles. The van der Waals surface area contributed by atoms with Gasteiger partial charge < -0.3 is 4.74 Å². The molecule has 0 radical (unpaired) electrons. The van der Waals surface area contributed by atoms with Gasteiger partial charge in [0.1, 0.15) is 0 Å². The summed E-state index contributed by atoms with van der Waals surface area (Å²) in [5.41, 5.74) is 3.43. The number of carbonyl (C=O) groups is 1. The van der Waals surface area contributed by atoms with Crippen LogP contribution in [0.15, 0.2) is 59.3 Å². The van der Waals surface area contributed by atoms with Gasteiger partial charge in [0.15, 0.2) is 0 Å². The van der Waals surface area contributed by atoms with E-state index in [1.807, 2.05) is 13.0 Å². The van der Waals surface area contributed by atoms with Gasteiger partial charge in [-0.2, -0.15) is 0 Å². The monoisotopic (exact) mass is 326 g/mol. The molecule has 0 N–H and O–H groups in total. The lowest BCUT2D eigenvalue weighted by molar-refractivity contribution is -0.137. The normalized spacial score (nSPS) is 17.3. The van der Waals surface area contributed by atoms with E-state index in [0.717, 1.165) is 18.4 Å². The zero-order valence-electron chi connectivity index (χ0n) is 14.6. The summed E-state index contributed by atoms with van der Waals surface area (Å²) in [6.07, 6.45) is 8.04. The Labute approximate surface area is 140 Å². The predicted molar refractivity (Wildman–Crippen MR) is 99.8 cm³/mol. The SMILES string of the molecule is CCOC(=O)/C=C1/C=C(c2ccccc2)C=C([Si](C)(C)C)CC1. The molecule has 3 heteroatoms. The highest BCUT2D eigenvalue weighted by Crippen LogP contribution is 2.31. The van der Waals surface area contributed by atoms with Gasteiger partial charge >= 0.3 is 5.97 Å². The molecule has 0 spiro atoms. The molecule has 0 fully saturated rings. The number of carbonyl (C=O) groups excluding carboxylic acids is 1. The summed E-state index contributed by atoms with van der Waals surface area (Å²) in [6.45, 7) is 9.38. The molecule has 0 aromatic heterocycles. The van der Waals surface area contributed by atoms with Crippen molar-refractivity contribution in [2.45, 2.75) is 39.4 Å². The molecule has 0 atom stereocenters.